The monoisotopic (exact) mass is 666 g/mol. The van der Waals surface area contributed by atoms with E-state index >= 15 is 0 Å². The second-order valence-electron chi connectivity index (χ2n) is 10.1. The number of carboxylic acid groups (broad SMARTS) is 1. The molecule has 0 radical (unpaired) electrons. The van der Waals surface area contributed by atoms with Gasteiger partial charge in [0.05, 0.1) is 17.3 Å². The van der Waals surface area contributed by atoms with Gasteiger partial charge >= 0.3 is 12.3 Å². The van der Waals surface area contributed by atoms with Crippen LogP contribution in [0.2, 0.25) is 0 Å². The zero-order valence-electron chi connectivity index (χ0n) is 24.4. The molecule has 12 nitrogen and oxygen atoms in total. The molecule has 3 heterocycles. The fraction of sp³-hybridized carbons (Fsp3) is 0.194. The number of anilines is 1. The number of fused-ring (bicyclic) bond motifs is 1. The Balaban J connectivity index is 0.000000257. The molecular weight excluding hydrogens is 639 g/mol. The number of aromatic nitrogens is 4. The Morgan fingerprint density at radius 1 is 0.936 bits per heavy atom. The molecular formula is C31H27F3N7O5S-. The maximum Gasteiger partial charge on any atom is 0.573 e. The smallest absolute Gasteiger partial charge is 0.573 e. The van der Waals surface area contributed by atoms with Crippen LogP contribution in [0.4, 0.5) is 19.0 Å². The standard InChI is InChI=1S/C18H15F3N6O5S.C13H12N/c19-18(20,21)32-11-1-3-12(4-2-11)33(30,31)27-6-5-26(9-14(27)17(28)29)15-8-23-13-7-22-10-24-16(13)25-15;14-10-11-6-8-13(9-7-11)12-4-2-1-3-5-12/h1-4,7-8,10,14H,5-6,9H2,(H,28,29);1-9,14H,10H2/q;-1/t14-;/m1./s1. The van der Waals surface area contributed by atoms with E-state index in [-0.39, 0.29) is 24.5 Å². The molecule has 5 aromatic rings. The first-order chi connectivity index (χ1) is 22.4. The number of sulfonamides is 1. The van der Waals surface area contributed by atoms with Crippen LogP contribution in [0.1, 0.15) is 5.56 Å². The predicted molar refractivity (Wildman–Crippen MR) is 166 cm³/mol. The van der Waals surface area contributed by atoms with E-state index in [1.807, 2.05) is 30.3 Å². The highest BCUT2D eigenvalue weighted by atomic mass is 32.2. The summed E-state index contributed by atoms with van der Waals surface area (Å²) in [6.45, 7) is 0.0251. The van der Waals surface area contributed by atoms with E-state index in [0.29, 0.717) is 23.5 Å². The summed E-state index contributed by atoms with van der Waals surface area (Å²) in [6.07, 6.45) is -0.762. The lowest BCUT2D eigenvalue weighted by molar-refractivity contribution is -0.274. The Labute approximate surface area is 267 Å². The van der Waals surface area contributed by atoms with E-state index < -0.39 is 34.1 Å². The van der Waals surface area contributed by atoms with Gasteiger partial charge in [0.1, 0.15) is 29.5 Å². The summed E-state index contributed by atoms with van der Waals surface area (Å²) < 4.78 is 67.6. The van der Waals surface area contributed by atoms with E-state index in [0.717, 1.165) is 34.1 Å². The second kappa shape index (κ2) is 14.1. The van der Waals surface area contributed by atoms with Crippen LogP contribution < -0.4 is 9.64 Å². The number of rotatable bonds is 7. The number of piperazine rings is 1. The van der Waals surface area contributed by atoms with Crippen LogP contribution in [-0.2, 0) is 21.4 Å². The van der Waals surface area contributed by atoms with Gasteiger partial charge in [-0.3, -0.25) is 4.79 Å². The molecule has 47 heavy (non-hydrogen) atoms. The van der Waals surface area contributed by atoms with Crippen LogP contribution in [-0.4, -0.2) is 75.8 Å². The Bertz CT molecular complexity index is 1930. The topological polar surface area (TPSA) is 163 Å². The predicted octanol–water partition coefficient (Wildman–Crippen LogP) is 5.19. The fourth-order valence-corrected chi connectivity index (χ4v) is 6.33. The lowest BCUT2D eigenvalue weighted by Crippen LogP contribution is -2.58. The number of halogens is 3. The lowest BCUT2D eigenvalue weighted by atomic mass is 10.0. The van der Waals surface area contributed by atoms with E-state index in [1.54, 1.807) is 4.90 Å². The van der Waals surface area contributed by atoms with Crippen molar-refractivity contribution in [3.8, 4) is 16.9 Å². The van der Waals surface area contributed by atoms with Crippen LogP contribution in [0.15, 0.2) is 102 Å². The summed E-state index contributed by atoms with van der Waals surface area (Å²) >= 11 is 0. The number of hydrogen-bond donors (Lipinski definition) is 1. The zero-order valence-corrected chi connectivity index (χ0v) is 25.3. The highest BCUT2D eigenvalue weighted by Gasteiger charge is 2.41. The Kier molecular flexibility index (Phi) is 9.93. The van der Waals surface area contributed by atoms with Crippen molar-refractivity contribution in [1.29, 1.82) is 0 Å². The van der Waals surface area contributed by atoms with E-state index in [9.17, 15) is 31.5 Å². The van der Waals surface area contributed by atoms with Crippen molar-refractivity contribution >= 4 is 33.0 Å². The van der Waals surface area contributed by atoms with Crippen molar-refractivity contribution < 1.29 is 36.2 Å². The highest BCUT2D eigenvalue weighted by Crippen LogP contribution is 2.28. The molecule has 244 valence electrons. The molecule has 1 saturated heterocycles. The van der Waals surface area contributed by atoms with Crippen molar-refractivity contribution in [2.75, 3.05) is 24.5 Å². The van der Waals surface area contributed by atoms with E-state index in [2.05, 4.69) is 48.9 Å². The lowest BCUT2D eigenvalue weighted by Gasteiger charge is -2.38. The third-order valence-corrected chi connectivity index (χ3v) is 9.00. The molecule has 0 spiro atoms. The number of nitrogens with one attached hydrogen (secondary N) is 1. The second-order valence-corrected chi connectivity index (χ2v) is 12.0. The third-order valence-electron chi connectivity index (χ3n) is 7.08. The van der Waals surface area contributed by atoms with Crippen molar-refractivity contribution in [3.05, 3.63) is 109 Å². The SMILES string of the molecule is O=C(O)[C@H]1CN(c2cnc3cncnc3n2)CCN1S(=O)(=O)c1ccc(OC(F)(F)F)cc1.[NH-]Cc1ccc(-c2ccccc2)cc1. The minimum Gasteiger partial charge on any atom is -0.674 e. The molecule has 2 N–H and O–H groups in total. The van der Waals surface area contributed by atoms with Crippen LogP contribution in [0.25, 0.3) is 28.0 Å². The van der Waals surface area contributed by atoms with Crippen LogP contribution in [0.5, 0.6) is 5.75 Å². The van der Waals surface area contributed by atoms with Crippen LogP contribution in [0, 0.1) is 0 Å². The van der Waals surface area contributed by atoms with Gasteiger partial charge in [0.25, 0.3) is 0 Å². The summed E-state index contributed by atoms with van der Waals surface area (Å²) in [5.74, 6) is -1.67. The molecule has 3 aromatic carbocycles. The molecule has 2 aromatic heterocycles. The van der Waals surface area contributed by atoms with E-state index in [4.69, 9.17) is 5.73 Å². The van der Waals surface area contributed by atoms with Gasteiger partial charge in [-0.1, -0.05) is 60.2 Å². The molecule has 0 unspecified atom stereocenters. The number of hydrogen-bond acceptors (Lipinski definition) is 9. The minimum atomic E-state index is -4.93. The molecule has 1 fully saturated rings. The van der Waals surface area contributed by atoms with Crippen molar-refractivity contribution in [3.63, 3.8) is 0 Å². The number of carbonyl (C=O) groups is 1. The highest BCUT2D eigenvalue weighted by molar-refractivity contribution is 7.89. The number of alkyl halides is 3. The van der Waals surface area contributed by atoms with Gasteiger partial charge in [-0.15, -0.1) is 19.7 Å². The summed E-state index contributed by atoms with van der Waals surface area (Å²) in [5.41, 5.74) is 11.5. The molecule has 0 bridgehead atoms. The van der Waals surface area contributed by atoms with Crippen molar-refractivity contribution in [2.45, 2.75) is 23.8 Å². The fourth-order valence-electron chi connectivity index (χ4n) is 4.77. The Morgan fingerprint density at radius 3 is 2.26 bits per heavy atom. The molecule has 0 saturated carbocycles. The number of carboxylic acids is 1. The van der Waals surface area contributed by atoms with Gasteiger partial charge in [0.15, 0.2) is 5.65 Å². The number of benzene rings is 3. The molecule has 0 amide bonds. The number of nitrogens with zero attached hydrogens (tertiary/aromatic N) is 6. The first-order valence-electron chi connectivity index (χ1n) is 14.0. The molecule has 0 aliphatic carbocycles. The molecule has 1 atom stereocenters. The van der Waals surface area contributed by atoms with Crippen molar-refractivity contribution in [2.24, 2.45) is 0 Å². The van der Waals surface area contributed by atoms with Gasteiger partial charge in [-0.05, 0) is 35.4 Å². The quantitative estimate of drug-likeness (QED) is 0.245. The minimum absolute atomic E-state index is 0.101. The molecule has 6 rings (SSSR count). The maximum atomic E-state index is 13.1. The van der Waals surface area contributed by atoms with Gasteiger partial charge in [-0.2, -0.15) is 4.31 Å². The normalized spacial score (nSPS) is 15.5. The summed E-state index contributed by atoms with van der Waals surface area (Å²) in [7, 11) is -4.32. The van der Waals surface area contributed by atoms with Gasteiger partial charge in [-0.25, -0.2) is 28.4 Å². The Morgan fingerprint density at radius 2 is 1.62 bits per heavy atom. The summed E-state index contributed by atoms with van der Waals surface area (Å²) in [4.78, 5) is 29.4. The molecule has 16 heteroatoms. The van der Waals surface area contributed by atoms with Gasteiger partial charge < -0.3 is 20.5 Å². The average Bonchev–Trinajstić information content (AvgIpc) is 3.08. The molecule has 1 aliphatic heterocycles. The largest absolute Gasteiger partial charge is 0.674 e. The van der Waals surface area contributed by atoms with Crippen LogP contribution >= 0.6 is 0 Å². The van der Waals surface area contributed by atoms with E-state index in [1.165, 1.54) is 29.8 Å². The maximum absolute atomic E-state index is 13.1. The first kappa shape index (κ1) is 33.2. The summed E-state index contributed by atoms with van der Waals surface area (Å²) in [5, 5.41) is 9.69. The number of aliphatic carboxylic acids is 1. The Hall–Kier alpha value is -5.19. The molecule has 1 aliphatic rings. The average molecular weight is 667 g/mol. The summed E-state index contributed by atoms with van der Waals surface area (Å²) in [6, 6.07) is 20.5. The number of ether oxygens (including phenoxy) is 1. The first-order valence-corrected chi connectivity index (χ1v) is 15.5. The third kappa shape index (κ3) is 8.16. The van der Waals surface area contributed by atoms with Gasteiger partial charge in [0.2, 0.25) is 10.0 Å². The van der Waals surface area contributed by atoms with Crippen molar-refractivity contribution in [1.82, 2.24) is 24.2 Å². The zero-order chi connectivity index (χ0) is 33.6. The van der Waals surface area contributed by atoms with Crippen LogP contribution in [0.3, 0.4) is 0 Å². The van der Waals surface area contributed by atoms with Gasteiger partial charge in [0, 0.05) is 19.6 Å².